The van der Waals surface area contributed by atoms with Crippen molar-refractivity contribution >= 4 is 52.1 Å². The molecule has 3 aromatic rings. The van der Waals surface area contributed by atoms with E-state index in [4.69, 9.17) is 11.6 Å². The monoisotopic (exact) mass is 776 g/mol. The highest BCUT2D eigenvalue weighted by Gasteiger charge is 2.44. The van der Waals surface area contributed by atoms with Crippen LogP contribution in [-0.4, -0.2) is 105 Å². The second-order valence-electron chi connectivity index (χ2n) is 16.7. The van der Waals surface area contributed by atoms with Gasteiger partial charge in [0.1, 0.15) is 12.1 Å². The lowest BCUT2D eigenvalue weighted by Gasteiger charge is -2.40. The number of anilines is 4. The van der Waals surface area contributed by atoms with Gasteiger partial charge < -0.3 is 24.9 Å². The number of imide groups is 1. The van der Waals surface area contributed by atoms with E-state index in [2.05, 4.69) is 61.4 Å². The van der Waals surface area contributed by atoms with Crippen molar-refractivity contribution in [2.45, 2.75) is 64.0 Å². The summed E-state index contributed by atoms with van der Waals surface area (Å²) < 4.78 is 0. The predicted octanol–water partition coefficient (Wildman–Crippen LogP) is 5.99. The molecule has 5 fully saturated rings. The molecule has 0 bridgehead atoms. The molecule has 294 valence electrons. The topological polar surface area (TPSA) is 115 Å². The molecule has 3 aromatic carbocycles. The second kappa shape index (κ2) is 16.4. The minimum atomic E-state index is -0.404. The van der Waals surface area contributed by atoms with Gasteiger partial charge in [0.15, 0.2) is 0 Å². The van der Waals surface area contributed by atoms with Gasteiger partial charge in [-0.2, -0.15) is 5.26 Å². The Hall–Kier alpha value is -4.79. The Kier molecular flexibility index (Phi) is 11.1. The zero-order valence-corrected chi connectivity index (χ0v) is 33.1. The average molecular weight is 777 g/mol. The first kappa shape index (κ1) is 38.1. The Balaban J connectivity index is 0.773. The quantitative estimate of drug-likeness (QED) is 0.267. The fourth-order valence-electron chi connectivity index (χ4n) is 9.78. The first-order valence-electron chi connectivity index (χ1n) is 20.4. The number of likely N-dealkylation sites (tertiary alicyclic amines) is 1. The highest BCUT2D eigenvalue weighted by atomic mass is 35.5. The van der Waals surface area contributed by atoms with Crippen LogP contribution in [0.3, 0.4) is 0 Å². The minimum absolute atomic E-state index is 0.133. The summed E-state index contributed by atoms with van der Waals surface area (Å²) in [6.07, 6.45) is 6.30. The summed E-state index contributed by atoms with van der Waals surface area (Å²) >= 11 is 6.38. The summed E-state index contributed by atoms with van der Waals surface area (Å²) in [5.74, 6) is 0.251. The van der Waals surface area contributed by atoms with Gasteiger partial charge in [-0.05, 0) is 111 Å². The van der Waals surface area contributed by atoms with E-state index in [-0.39, 0.29) is 23.1 Å². The Morgan fingerprint density at radius 2 is 1.61 bits per heavy atom. The first-order chi connectivity index (χ1) is 27.2. The van der Waals surface area contributed by atoms with Crippen LogP contribution in [0.1, 0.15) is 67.8 Å². The van der Waals surface area contributed by atoms with E-state index in [0.717, 1.165) is 120 Å². The lowest BCUT2D eigenvalue weighted by Crippen LogP contribution is -2.50. The van der Waals surface area contributed by atoms with Crippen molar-refractivity contribution in [3.8, 4) is 6.07 Å². The summed E-state index contributed by atoms with van der Waals surface area (Å²) in [6.45, 7) is 11.7. The van der Waals surface area contributed by atoms with Crippen LogP contribution in [0.25, 0.3) is 0 Å². The predicted molar refractivity (Wildman–Crippen MR) is 221 cm³/mol. The van der Waals surface area contributed by atoms with Gasteiger partial charge in [0.2, 0.25) is 11.8 Å². The molecular weight excluding hydrogens is 724 g/mol. The van der Waals surface area contributed by atoms with Crippen LogP contribution in [0.5, 0.6) is 0 Å². The number of piperidine rings is 3. The Morgan fingerprint density at radius 1 is 0.893 bits per heavy atom. The van der Waals surface area contributed by atoms with Crippen molar-refractivity contribution in [2.75, 3.05) is 85.5 Å². The summed E-state index contributed by atoms with van der Waals surface area (Å²) in [4.78, 5) is 49.5. The number of nitriles is 1. The van der Waals surface area contributed by atoms with E-state index >= 15 is 0 Å². The van der Waals surface area contributed by atoms with Crippen LogP contribution >= 0.6 is 11.6 Å². The van der Waals surface area contributed by atoms with Crippen LogP contribution in [0.15, 0.2) is 66.7 Å². The Labute approximate surface area is 335 Å². The molecule has 8 rings (SSSR count). The van der Waals surface area contributed by atoms with Crippen LogP contribution in [0.2, 0.25) is 5.02 Å². The number of halogens is 1. The molecule has 2 N–H and O–H groups in total. The van der Waals surface area contributed by atoms with Crippen LogP contribution < -0.4 is 25.3 Å². The maximum absolute atomic E-state index is 13.6. The number of rotatable bonds is 8. The molecule has 0 aliphatic carbocycles. The number of nitrogens with one attached hydrogen (secondary N) is 2. The van der Waals surface area contributed by atoms with Crippen molar-refractivity contribution in [1.82, 2.24) is 15.1 Å². The van der Waals surface area contributed by atoms with Crippen LogP contribution in [0.4, 0.5) is 22.7 Å². The van der Waals surface area contributed by atoms with Crippen LogP contribution in [0, 0.1) is 22.7 Å². The Bertz CT molecular complexity index is 1960. The highest BCUT2D eigenvalue weighted by molar-refractivity contribution is 6.32. The summed E-state index contributed by atoms with van der Waals surface area (Å²) in [5, 5.41) is 15.6. The molecule has 3 amide bonds. The molecule has 1 spiro atoms. The number of benzene rings is 3. The number of carbonyl (C=O) groups is 3. The zero-order chi connectivity index (χ0) is 38.8. The summed E-state index contributed by atoms with van der Waals surface area (Å²) in [7, 11) is 0. The molecule has 12 heteroatoms. The number of hydrogen-bond acceptors (Lipinski definition) is 9. The van der Waals surface area contributed by atoms with Crippen molar-refractivity contribution in [1.29, 1.82) is 5.26 Å². The lowest BCUT2D eigenvalue weighted by molar-refractivity contribution is -0.133. The molecule has 2 unspecified atom stereocenters. The fraction of sp³-hybridized carbons (Fsp3) is 0.500. The average Bonchev–Trinajstić information content (AvgIpc) is 3.54. The third-order valence-corrected chi connectivity index (χ3v) is 13.4. The van der Waals surface area contributed by atoms with Gasteiger partial charge in [-0.3, -0.25) is 24.6 Å². The Morgan fingerprint density at radius 3 is 2.30 bits per heavy atom. The fourth-order valence-corrected chi connectivity index (χ4v) is 10.00. The number of amides is 3. The SMILES string of the molecule is CC1CC2(CCN(c3ccc(C(=O)N4CCC(CN5CCN(c6ccccc6NC6CCC(=O)NC6=O)CC5)CC4)cc3)CC2)CN1c1ccc(C#N)c(Cl)c1. The smallest absolute Gasteiger partial charge is 0.253 e. The molecular formula is C44H53ClN8O3. The number of para-hydroxylation sites is 2. The standard InChI is InChI=1S/C44H53ClN8O3/c1-31-27-44(30-53(31)36-11-8-34(28-46)37(45)26-36)16-20-50(21-17-44)35-9-6-33(7-10-35)43(56)52-18-14-32(15-19-52)29-49-22-24-51(25-23-49)40-5-3-2-4-38(40)47-39-12-13-41(54)48-42(39)55/h2-11,26,31-32,39,47H,12-25,27,29-30H2,1H3,(H,48,54,55). The molecule has 0 aromatic heterocycles. The van der Waals surface area contributed by atoms with Gasteiger partial charge in [-0.25, -0.2) is 0 Å². The van der Waals surface area contributed by atoms with Crippen molar-refractivity contribution in [3.63, 3.8) is 0 Å². The number of piperazine rings is 1. The maximum atomic E-state index is 13.6. The third kappa shape index (κ3) is 8.19. The van der Waals surface area contributed by atoms with Crippen LogP contribution in [-0.2, 0) is 9.59 Å². The van der Waals surface area contributed by atoms with Gasteiger partial charge in [0, 0.05) is 94.8 Å². The summed E-state index contributed by atoms with van der Waals surface area (Å²) in [5.41, 5.74) is 5.88. The van der Waals surface area contributed by atoms with Gasteiger partial charge in [-0.1, -0.05) is 23.7 Å². The largest absolute Gasteiger partial charge is 0.372 e. The normalized spacial score (nSPS) is 23.3. The lowest BCUT2D eigenvalue weighted by atomic mass is 9.76. The minimum Gasteiger partial charge on any atom is -0.372 e. The van der Waals surface area contributed by atoms with Crippen molar-refractivity contribution in [3.05, 3.63) is 82.9 Å². The van der Waals surface area contributed by atoms with Gasteiger partial charge in [0.25, 0.3) is 5.91 Å². The molecule has 11 nitrogen and oxygen atoms in total. The third-order valence-electron chi connectivity index (χ3n) is 13.1. The van der Waals surface area contributed by atoms with E-state index in [1.165, 1.54) is 5.69 Å². The van der Waals surface area contributed by atoms with Crippen molar-refractivity contribution < 1.29 is 14.4 Å². The van der Waals surface area contributed by atoms with Gasteiger partial charge >= 0.3 is 0 Å². The molecule has 5 aliphatic rings. The van der Waals surface area contributed by atoms with Gasteiger partial charge in [-0.15, -0.1) is 0 Å². The molecule has 0 radical (unpaired) electrons. The number of carbonyl (C=O) groups excluding carboxylic acids is 3. The molecule has 5 saturated heterocycles. The molecule has 2 atom stereocenters. The maximum Gasteiger partial charge on any atom is 0.253 e. The van der Waals surface area contributed by atoms with Crippen molar-refractivity contribution in [2.24, 2.45) is 11.3 Å². The number of hydrogen-bond donors (Lipinski definition) is 2. The molecule has 5 aliphatic heterocycles. The highest BCUT2D eigenvalue weighted by Crippen LogP contribution is 2.46. The first-order valence-corrected chi connectivity index (χ1v) is 20.8. The van der Waals surface area contributed by atoms with E-state index in [0.29, 0.717) is 35.4 Å². The van der Waals surface area contributed by atoms with E-state index < -0.39 is 6.04 Å². The van der Waals surface area contributed by atoms with E-state index in [1.807, 2.05) is 53.4 Å². The zero-order valence-electron chi connectivity index (χ0n) is 32.4. The molecule has 56 heavy (non-hydrogen) atoms. The molecule has 5 heterocycles. The summed E-state index contributed by atoms with van der Waals surface area (Å²) in [6, 6.07) is 24.4. The number of nitrogens with zero attached hydrogens (tertiary/aromatic N) is 6. The molecule has 0 saturated carbocycles. The van der Waals surface area contributed by atoms with E-state index in [1.54, 1.807) is 0 Å². The van der Waals surface area contributed by atoms with E-state index in [9.17, 15) is 19.6 Å². The second-order valence-corrected chi connectivity index (χ2v) is 17.1. The van der Waals surface area contributed by atoms with Gasteiger partial charge in [0.05, 0.1) is 22.0 Å².